The summed E-state index contributed by atoms with van der Waals surface area (Å²) in [5.41, 5.74) is 1.83. The molecule has 35 heavy (non-hydrogen) atoms. The highest BCUT2D eigenvalue weighted by molar-refractivity contribution is 8.27. The van der Waals surface area contributed by atoms with Crippen molar-refractivity contribution in [2.75, 3.05) is 11.4 Å². The van der Waals surface area contributed by atoms with Crippen LogP contribution in [-0.2, 0) is 14.4 Å². The number of nitrogens with zero attached hydrogens (tertiary/aromatic N) is 2. The van der Waals surface area contributed by atoms with Gasteiger partial charge in [-0.1, -0.05) is 72.1 Å². The molecule has 0 radical (unpaired) electrons. The monoisotopic (exact) mass is 559 g/mol. The van der Waals surface area contributed by atoms with Crippen molar-refractivity contribution in [1.29, 1.82) is 0 Å². The summed E-state index contributed by atoms with van der Waals surface area (Å²) in [4.78, 5) is 40.3. The molecule has 0 aromatic heterocycles. The molecule has 0 bridgehead atoms. The van der Waals surface area contributed by atoms with Gasteiger partial charge >= 0.3 is 5.97 Å². The number of hydrogen-bond donors (Lipinski definition) is 2. The number of hydrogen-bond acceptors (Lipinski definition) is 7. The van der Waals surface area contributed by atoms with Crippen molar-refractivity contribution < 1.29 is 19.5 Å². The Labute approximate surface area is 225 Å². The van der Waals surface area contributed by atoms with Crippen molar-refractivity contribution in [3.63, 3.8) is 0 Å². The summed E-state index contributed by atoms with van der Waals surface area (Å²) in [6.07, 6.45) is 3.29. The topological polar surface area (TPSA) is 89.9 Å². The van der Waals surface area contributed by atoms with E-state index in [1.165, 1.54) is 27.6 Å². The van der Waals surface area contributed by atoms with Gasteiger partial charge in [-0.25, -0.2) is 0 Å². The van der Waals surface area contributed by atoms with Crippen LogP contribution in [0.15, 0.2) is 59.0 Å². The molecule has 0 atom stereocenters. The van der Waals surface area contributed by atoms with E-state index in [-0.39, 0.29) is 17.2 Å². The van der Waals surface area contributed by atoms with Crippen LogP contribution in [0.1, 0.15) is 11.1 Å². The molecule has 0 saturated carbocycles. The summed E-state index contributed by atoms with van der Waals surface area (Å²) >= 11 is 22.9. The van der Waals surface area contributed by atoms with Crippen molar-refractivity contribution in [1.82, 2.24) is 10.2 Å². The fraction of sp³-hybridized carbons (Fsp3) is 0.0435. The van der Waals surface area contributed by atoms with Gasteiger partial charge in [-0.05, 0) is 59.8 Å². The number of anilines is 1. The van der Waals surface area contributed by atoms with Gasteiger partial charge in [-0.3, -0.25) is 24.6 Å². The lowest BCUT2D eigenvalue weighted by molar-refractivity contribution is -0.136. The van der Waals surface area contributed by atoms with Crippen molar-refractivity contribution in [3.8, 4) is 0 Å². The standard InChI is InChI=1S/C23H14ClN3O4S4/c24-14-5-7-15(8-6-14)27-20(31)16(19(30)25-22(27)33)9-12-1-3-13(4-2-12)10-17-21(32)26(11-18(28)29)23(34)35-17/h1-10H,11H2,(H,28,29)(H,25,30,33)/b16-9-,17-10-. The zero-order valence-electron chi connectivity index (χ0n) is 17.6. The summed E-state index contributed by atoms with van der Waals surface area (Å²) in [5.74, 6) is -2.16. The molecule has 2 aromatic rings. The van der Waals surface area contributed by atoms with Gasteiger partial charge in [-0.2, -0.15) is 0 Å². The van der Waals surface area contributed by atoms with E-state index in [2.05, 4.69) is 5.32 Å². The summed E-state index contributed by atoms with van der Waals surface area (Å²) in [6.45, 7) is -0.291. The average molecular weight is 560 g/mol. The minimum absolute atomic E-state index is 0.0127. The first-order chi connectivity index (χ1) is 16.6. The maximum Gasteiger partial charge on any atom is 0.323 e. The Kier molecular flexibility index (Phi) is 7.43. The van der Waals surface area contributed by atoms with Crippen molar-refractivity contribution >= 4 is 110 Å². The SMILES string of the molecule is O=C(O)CN1C(=S)S/C(=C\c2ccc(/C=C3/C(=O)NC(=S)N(c4ccc(Cl)cc4)C3=O)cc2)C1=S. The number of benzene rings is 2. The van der Waals surface area contributed by atoms with Gasteiger partial charge in [0.25, 0.3) is 11.8 Å². The van der Waals surface area contributed by atoms with Gasteiger partial charge in [0.1, 0.15) is 21.4 Å². The number of carboxylic acid groups (broad SMARTS) is 1. The largest absolute Gasteiger partial charge is 0.480 e. The number of carboxylic acids is 1. The number of amides is 2. The van der Waals surface area contributed by atoms with E-state index < -0.39 is 17.8 Å². The number of rotatable bonds is 5. The molecule has 176 valence electrons. The Balaban J connectivity index is 1.56. The molecule has 12 heteroatoms. The number of thiocarbonyl (C=S) groups is 3. The molecule has 4 rings (SSSR count). The Morgan fingerprint density at radius 1 is 1.00 bits per heavy atom. The molecule has 0 unspecified atom stereocenters. The Morgan fingerprint density at radius 3 is 2.20 bits per heavy atom. The van der Waals surface area contributed by atoms with Gasteiger partial charge in [0.2, 0.25) is 0 Å². The first-order valence-electron chi connectivity index (χ1n) is 9.88. The fourth-order valence-electron chi connectivity index (χ4n) is 3.26. The quantitative estimate of drug-likeness (QED) is 0.317. The van der Waals surface area contributed by atoms with Crippen molar-refractivity contribution in [2.45, 2.75) is 0 Å². The number of nitrogens with one attached hydrogen (secondary N) is 1. The number of carbonyl (C=O) groups is 3. The van der Waals surface area contributed by atoms with Gasteiger partial charge in [0.05, 0.1) is 10.6 Å². The van der Waals surface area contributed by atoms with E-state index in [4.69, 9.17) is 53.4 Å². The summed E-state index contributed by atoms with van der Waals surface area (Å²) < 4.78 is 0.384. The summed E-state index contributed by atoms with van der Waals surface area (Å²) in [5, 5.41) is 12.1. The maximum absolute atomic E-state index is 13.1. The van der Waals surface area contributed by atoms with Crippen LogP contribution in [0.2, 0.25) is 5.02 Å². The molecule has 0 aliphatic carbocycles. The van der Waals surface area contributed by atoms with Crippen LogP contribution in [-0.4, -0.2) is 48.8 Å². The second kappa shape index (κ2) is 10.3. The number of thioether (sulfide) groups is 1. The minimum Gasteiger partial charge on any atom is -0.480 e. The molecule has 2 fully saturated rings. The number of halogens is 1. The molecule has 2 aliphatic rings. The third-order valence-corrected chi connectivity index (χ3v) is 7.40. The third kappa shape index (κ3) is 5.49. The normalized spacial score (nSPS) is 18.6. The van der Waals surface area contributed by atoms with Crippen molar-refractivity contribution in [2.24, 2.45) is 0 Å². The molecule has 2 amide bonds. The van der Waals surface area contributed by atoms with Gasteiger partial charge < -0.3 is 10.0 Å². The average Bonchev–Trinajstić information content (AvgIpc) is 3.06. The summed E-state index contributed by atoms with van der Waals surface area (Å²) in [6, 6.07) is 13.6. The van der Waals surface area contributed by atoms with Crippen LogP contribution in [0.4, 0.5) is 5.69 Å². The van der Waals surface area contributed by atoms with Crippen LogP contribution in [0.25, 0.3) is 12.2 Å². The second-order valence-corrected chi connectivity index (χ2v) is 10.1. The van der Waals surface area contributed by atoms with Gasteiger partial charge in [0, 0.05) is 5.02 Å². The maximum atomic E-state index is 13.1. The molecule has 2 aromatic carbocycles. The van der Waals surface area contributed by atoms with Crippen LogP contribution >= 0.6 is 60.0 Å². The number of carbonyl (C=O) groups excluding carboxylic acids is 2. The molecule has 2 heterocycles. The molecule has 2 saturated heterocycles. The zero-order chi connectivity index (χ0) is 25.3. The Morgan fingerprint density at radius 2 is 1.60 bits per heavy atom. The van der Waals surface area contributed by atoms with Crippen LogP contribution in [0, 0.1) is 0 Å². The Bertz CT molecular complexity index is 1350. The zero-order valence-corrected chi connectivity index (χ0v) is 21.6. The lowest BCUT2D eigenvalue weighted by Crippen LogP contribution is -2.54. The van der Waals surface area contributed by atoms with Gasteiger partial charge in [0.15, 0.2) is 5.11 Å². The van der Waals surface area contributed by atoms with Crippen LogP contribution in [0.3, 0.4) is 0 Å². The molecular weight excluding hydrogens is 546 g/mol. The Hall–Kier alpha value is -2.96. The molecule has 7 nitrogen and oxygen atoms in total. The van der Waals surface area contributed by atoms with E-state index in [1.54, 1.807) is 54.6 Å². The minimum atomic E-state index is -1.02. The molecule has 0 spiro atoms. The van der Waals surface area contributed by atoms with E-state index in [9.17, 15) is 14.4 Å². The summed E-state index contributed by atoms with van der Waals surface area (Å²) in [7, 11) is 0. The molecule has 2 N–H and O–H groups in total. The molecule has 2 aliphatic heterocycles. The predicted molar refractivity (Wildman–Crippen MR) is 149 cm³/mol. The highest BCUT2D eigenvalue weighted by Gasteiger charge is 2.34. The lowest BCUT2D eigenvalue weighted by Gasteiger charge is -2.28. The van der Waals surface area contributed by atoms with Crippen LogP contribution < -0.4 is 10.2 Å². The van der Waals surface area contributed by atoms with Crippen LogP contribution in [0.5, 0.6) is 0 Å². The predicted octanol–water partition coefficient (Wildman–Crippen LogP) is 4.26. The highest BCUT2D eigenvalue weighted by Crippen LogP contribution is 2.33. The smallest absolute Gasteiger partial charge is 0.323 e. The first kappa shape index (κ1) is 25.1. The van der Waals surface area contributed by atoms with Gasteiger partial charge in [-0.15, -0.1) is 0 Å². The van der Waals surface area contributed by atoms with Crippen molar-refractivity contribution in [3.05, 3.63) is 75.2 Å². The third-order valence-electron chi connectivity index (χ3n) is 4.90. The van der Waals surface area contributed by atoms with E-state index >= 15 is 0 Å². The van der Waals surface area contributed by atoms with E-state index in [1.807, 2.05) is 0 Å². The number of aliphatic carboxylic acids is 1. The first-order valence-corrected chi connectivity index (χ1v) is 12.3. The second-order valence-electron chi connectivity index (χ2n) is 7.26. The van der Waals surface area contributed by atoms with E-state index in [0.29, 0.717) is 30.5 Å². The fourth-order valence-corrected chi connectivity index (χ4v) is 5.39. The molecular formula is C23H14ClN3O4S4. The lowest BCUT2D eigenvalue weighted by atomic mass is 10.1. The van der Waals surface area contributed by atoms with E-state index in [0.717, 1.165) is 5.56 Å². The highest BCUT2D eigenvalue weighted by atomic mass is 35.5.